The largest absolute Gasteiger partial charge is 0.391 e. The quantitative estimate of drug-likeness (QED) is 0.799. The molecule has 1 aromatic rings. The van der Waals surface area contributed by atoms with E-state index in [4.69, 9.17) is 11.6 Å². The van der Waals surface area contributed by atoms with Crippen LogP contribution in [0.15, 0.2) is 6.07 Å². The highest BCUT2D eigenvalue weighted by molar-refractivity contribution is 6.31. The summed E-state index contributed by atoms with van der Waals surface area (Å²) in [5.41, 5.74) is 2.16. The van der Waals surface area contributed by atoms with Gasteiger partial charge in [-0.25, -0.2) is 4.39 Å². The van der Waals surface area contributed by atoms with Crippen LogP contribution in [0.2, 0.25) is 5.02 Å². The second kappa shape index (κ2) is 3.99. The monoisotopic (exact) mass is 229 g/mol. The van der Waals surface area contributed by atoms with Crippen LogP contribution in [0.1, 0.15) is 17.5 Å². The van der Waals surface area contributed by atoms with E-state index in [9.17, 15) is 9.50 Å². The van der Waals surface area contributed by atoms with E-state index in [1.165, 1.54) is 0 Å². The van der Waals surface area contributed by atoms with Gasteiger partial charge in [-0.1, -0.05) is 11.6 Å². The Morgan fingerprint density at radius 1 is 1.60 bits per heavy atom. The molecule has 0 fully saturated rings. The number of aryl methyl sites for hydroxylation is 1. The van der Waals surface area contributed by atoms with Crippen LogP contribution >= 0.6 is 11.6 Å². The zero-order valence-corrected chi connectivity index (χ0v) is 9.31. The summed E-state index contributed by atoms with van der Waals surface area (Å²) in [6.45, 7) is 0.583. The van der Waals surface area contributed by atoms with Gasteiger partial charge in [0.15, 0.2) is 0 Å². The van der Waals surface area contributed by atoms with E-state index >= 15 is 0 Å². The van der Waals surface area contributed by atoms with Crippen molar-refractivity contribution in [1.29, 1.82) is 0 Å². The van der Waals surface area contributed by atoms with E-state index in [0.717, 1.165) is 30.6 Å². The number of aliphatic hydroxyl groups is 1. The van der Waals surface area contributed by atoms with Crippen LogP contribution in [0.25, 0.3) is 0 Å². The fourth-order valence-corrected chi connectivity index (χ4v) is 2.40. The Balaban J connectivity index is 2.65. The van der Waals surface area contributed by atoms with E-state index in [1.807, 2.05) is 11.9 Å². The predicted molar refractivity (Wildman–Crippen MR) is 58.9 cm³/mol. The molecule has 0 amide bonds. The van der Waals surface area contributed by atoms with Crippen LogP contribution in [0.3, 0.4) is 0 Å². The van der Waals surface area contributed by atoms with Gasteiger partial charge in [-0.2, -0.15) is 0 Å². The van der Waals surface area contributed by atoms with Gasteiger partial charge >= 0.3 is 0 Å². The van der Waals surface area contributed by atoms with Gasteiger partial charge in [0, 0.05) is 24.8 Å². The average molecular weight is 230 g/mol. The topological polar surface area (TPSA) is 23.5 Å². The number of halogens is 2. The van der Waals surface area contributed by atoms with E-state index in [2.05, 4.69) is 0 Å². The molecular formula is C11H13ClFNO. The maximum absolute atomic E-state index is 13.6. The van der Waals surface area contributed by atoms with Crippen molar-refractivity contribution in [2.75, 3.05) is 18.5 Å². The fourth-order valence-electron chi connectivity index (χ4n) is 2.16. The zero-order chi connectivity index (χ0) is 11.0. The Morgan fingerprint density at radius 3 is 3.00 bits per heavy atom. The summed E-state index contributed by atoms with van der Waals surface area (Å²) in [6, 6.07) is 1.67. The Bertz CT molecular complexity index is 395. The summed E-state index contributed by atoms with van der Waals surface area (Å²) in [4.78, 5) is 1.98. The summed E-state index contributed by atoms with van der Waals surface area (Å²) in [7, 11) is 1.91. The molecule has 0 bridgehead atoms. The van der Waals surface area contributed by atoms with Crippen molar-refractivity contribution in [1.82, 2.24) is 0 Å². The van der Waals surface area contributed by atoms with Gasteiger partial charge in [0.2, 0.25) is 0 Å². The van der Waals surface area contributed by atoms with Gasteiger partial charge in [-0.05, 0) is 24.5 Å². The normalized spacial score (nSPS) is 15.3. The standard InChI is InChI=1S/C11H13ClFNO/c1-14-4-2-3-7-5-9(12)10(13)8(6-15)11(7)14/h5,15H,2-4,6H2,1H3. The smallest absolute Gasteiger partial charge is 0.149 e. The van der Waals surface area contributed by atoms with Gasteiger partial charge in [0.05, 0.1) is 11.6 Å². The fraction of sp³-hybridized carbons (Fsp3) is 0.455. The van der Waals surface area contributed by atoms with Crippen LogP contribution in [0.5, 0.6) is 0 Å². The second-order valence-electron chi connectivity index (χ2n) is 3.84. The van der Waals surface area contributed by atoms with E-state index in [0.29, 0.717) is 5.56 Å². The number of hydrogen-bond acceptors (Lipinski definition) is 2. The first-order valence-electron chi connectivity index (χ1n) is 4.97. The second-order valence-corrected chi connectivity index (χ2v) is 4.25. The molecule has 1 aliphatic heterocycles. The first-order chi connectivity index (χ1) is 7.15. The summed E-state index contributed by atoms with van der Waals surface area (Å²) >= 11 is 5.77. The number of benzene rings is 1. The van der Waals surface area contributed by atoms with Gasteiger partial charge in [-0.15, -0.1) is 0 Å². The Kier molecular flexibility index (Phi) is 2.85. The number of fused-ring (bicyclic) bond motifs is 1. The third-order valence-electron chi connectivity index (χ3n) is 2.85. The summed E-state index contributed by atoms with van der Waals surface area (Å²) < 4.78 is 13.6. The van der Waals surface area contributed by atoms with Gasteiger partial charge in [-0.3, -0.25) is 0 Å². The SMILES string of the molecule is CN1CCCc2cc(Cl)c(F)c(CO)c21. The van der Waals surface area contributed by atoms with Crippen LogP contribution in [0, 0.1) is 5.82 Å². The number of hydrogen-bond donors (Lipinski definition) is 1. The van der Waals surface area contributed by atoms with E-state index in [-0.39, 0.29) is 11.6 Å². The van der Waals surface area contributed by atoms with Crippen molar-refractivity contribution >= 4 is 17.3 Å². The molecule has 2 nitrogen and oxygen atoms in total. The van der Waals surface area contributed by atoms with E-state index in [1.54, 1.807) is 6.07 Å². The lowest BCUT2D eigenvalue weighted by Crippen LogP contribution is -2.26. The molecule has 0 spiro atoms. The maximum Gasteiger partial charge on any atom is 0.149 e. The molecule has 1 aromatic carbocycles. The highest BCUT2D eigenvalue weighted by atomic mass is 35.5. The molecule has 0 atom stereocenters. The first-order valence-corrected chi connectivity index (χ1v) is 5.34. The third-order valence-corrected chi connectivity index (χ3v) is 3.12. The van der Waals surface area contributed by atoms with Crippen LogP contribution in [0.4, 0.5) is 10.1 Å². The average Bonchev–Trinajstić information content (AvgIpc) is 2.21. The van der Waals surface area contributed by atoms with Crippen LogP contribution in [-0.2, 0) is 13.0 Å². The van der Waals surface area contributed by atoms with E-state index < -0.39 is 5.82 Å². The van der Waals surface area contributed by atoms with Crippen molar-refractivity contribution < 1.29 is 9.50 Å². The maximum atomic E-state index is 13.6. The lowest BCUT2D eigenvalue weighted by Gasteiger charge is -2.30. The van der Waals surface area contributed by atoms with Crippen molar-refractivity contribution in [2.24, 2.45) is 0 Å². The lowest BCUT2D eigenvalue weighted by atomic mass is 9.98. The number of anilines is 1. The zero-order valence-electron chi connectivity index (χ0n) is 8.56. The molecule has 82 valence electrons. The highest BCUT2D eigenvalue weighted by Crippen LogP contribution is 2.35. The number of nitrogens with zero attached hydrogens (tertiary/aromatic N) is 1. The minimum absolute atomic E-state index is 0.105. The van der Waals surface area contributed by atoms with Gasteiger partial charge in [0.25, 0.3) is 0 Å². The Labute approximate surface area is 93.3 Å². The molecule has 2 rings (SSSR count). The Morgan fingerprint density at radius 2 is 2.33 bits per heavy atom. The molecule has 0 saturated heterocycles. The third kappa shape index (κ3) is 1.70. The molecule has 15 heavy (non-hydrogen) atoms. The van der Waals surface area contributed by atoms with Crippen molar-refractivity contribution in [3.05, 3.63) is 28.0 Å². The van der Waals surface area contributed by atoms with Crippen molar-refractivity contribution in [2.45, 2.75) is 19.4 Å². The lowest BCUT2D eigenvalue weighted by molar-refractivity contribution is 0.275. The van der Waals surface area contributed by atoms with Crippen molar-refractivity contribution in [3.8, 4) is 0 Å². The minimum Gasteiger partial charge on any atom is -0.391 e. The molecule has 1 heterocycles. The summed E-state index contributed by atoms with van der Waals surface area (Å²) in [5.74, 6) is -0.494. The summed E-state index contributed by atoms with van der Waals surface area (Å²) in [6.07, 6.45) is 1.93. The molecule has 0 unspecified atom stereocenters. The van der Waals surface area contributed by atoms with Gasteiger partial charge in [0.1, 0.15) is 5.82 Å². The molecule has 0 radical (unpaired) electrons. The van der Waals surface area contributed by atoms with Crippen LogP contribution < -0.4 is 4.90 Å². The number of rotatable bonds is 1. The molecule has 1 aliphatic rings. The molecular weight excluding hydrogens is 217 g/mol. The number of aliphatic hydroxyl groups excluding tert-OH is 1. The summed E-state index contributed by atoms with van der Waals surface area (Å²) in [5, 5.41) is 9.30. The minimum atomic E-state index is -0.494. The molecule has 0 aliphatic carbocycles. The van der Waals surface area contributed by atoms with Crippen molar-refractivity contribution in [3.63, 3.8) is 0 Å². The first kappa shape index (κ1) is 10.7. The van der Waals surface area contributed by atoms with Gasteiger partial charge < -0.3 is 10.0 Å². The highest BCUT2D eigenvalue weighted by Gasteiger charge is 2.22. The predicted octanol–water partition coefficient (Wildman–Crippen LogP) is 2.35. The Hall–Kier alpha value is -0.800. The molecule has 0 aromatic heterocycles. The van der Waals surface area contributed by atoms with Crippen LogP contribution in [-0.4, -0.2) is 18.7 Å². The molecule has 1 N–H and O–H groups in total. The molecule has 0 saturated carbocycles. The molecule has 4 heteroatoms.